The van der Waals surface area contributed by atoms with Crippen molar-refractivity contribution in [2.45, 2.75) is 0 Å². The molecule has 3 aromatic rings. The second-order valence-corrected chi connectivity index (χ2v) is 5.54. The quantitative estimate of drug-likeness (QED) is 0.553. The average Bonchev–Trinajstić information content (AvgIpc) is 2.68. The van der Waals surface area contributed by atoms with Gasteiger partial charge >= 0.3 is 0 Å². The monoisotopic (exact) mass is 366 g/mol. The van der Waals surface area contributed by atoms with Crippen LogP contribution in [0.1, 0.15) is 5.56 Å². The molecule has 1 aromatic heterocycles. The van der Waals surface area contributed by atoms with Crippen molar-refractivity contribution in [3.8, 4) is 23.3 Å². The van der Waals surface area contributed by atoms with Crippen LogP contribution in [-0.2, 0) is 0 Å². The van der Waals surface area contributed by atoms with Crippen LogP contribution in [0.3, 0.4) is 0 Å². The Morgan fingerprint density at radius 1 is 1.15 bits per heavy atom. The summed E-state index contributed by atoms with van der Waals surface area (Å²) in [5, 5.41) is 20.7. The molecule has 3 rings (SSSR count). The largest absolute Gasteiger partial charge is 0.493 e. The van der Waals surface area contributed by atoms with Gasteiger partial charge in [-0.3, -0.25) is 19.5 Å². The molecule has 9 nitrogen and oxygen atoms in total. The number of nitrogens with two attached hydrogens (primary N) is 1. The molecule has 1 heterocycles. The zero-order valence-electron chi connectivity index (χ0n) is 14.4. The molecule has 0 fully saturated rings. The molecule has 2 aromatic carbocycles. The van der Waals surface area contributed by atoms with Crippen molar-refractivity contribution in [3.63, 3.8) is 0 Å². The Kier molecular flexibility index (Phi) is 4.39. The number of methoxy groups -OCH3 is 2. The fraction of sp³-hybridized carbons (Fsp3) is 0.111. The first-order valence-corrected chi connectivity index (χ1v) is 7.68. The molecule has 27 heavy (non-hydrogen) atoms. The van der Waals surface area contributed by atoms with Crippen LogP contribution in [-0.4, -0.2) is 23.7 Å². The van der Waals surface area contributed by atoms with E-state index >= 15 is 0 Å². The van der Waals surface area contributed by atoms with Gasteiger partial charge in [-0.1, -0.05) is 0 Å². The van der Waals surface area contributed by atoms with Gasteiger partial charge in [0, 0.05) is 29.3 Å². The predicted molar refractivity (Wildman–Crippen MR) is 98.4 cm³/mol. The molecule has 0 radical (unpaired) electrons. The molecule has 0 aliphatic rings. The van der Waals surface area contributed by atoms with Crippen LogP contribution in [0.25, 0.3) is 16.6 Å². The smallest absolute Gasteiger partial charge is 0.275 e. The van der Waals surface area contributed by atoms with Gasteiger partial charge in [0.05, 0.1) is 30.3 Å². The molecule has 0 amide bonds. The number of non-ortho nitro benzene ring substituents is 1. The van der Waals surface area contributed by atoms with E-state index in [1.165, 1.54) is 43.1 Å². The van der Waals surface area contributed by atoms with Gasteiger partial charge in [-0.05, 0) is 18.2 Å². The van der Waals surface area contributed by atoms with Crippen molar-refractivity contribution in [2.24, 2.45) is 0 Å². The minimum absolute atomic E-state index is 0.0246. The molecule has 0 saturated carbocycles. The number of hydrogen-bond donors (Lipinski definition) is 1. The van der Waals surface area contributed by atoms with E-state index in [1.54, 1.807) is 12.1 Å². The number of aromatic nitrogens is 1. The Labute approximate surface area is 152 Å². The summed E-state index contributed by atoms with van der Waals surface area (Å²) in [5.41, 5.74) is 5.80. The maximum atomic E-state index is 12.9. The van der Waals surface area contributed by atoms with Gasteiger partial charge < -0.3 is 15.2 Å². The second kappa shape index (κ2) is 6.68. The fourth-order valence-electron chi connectivity index (χ4n) is 2.83. The summed E-state index contributed by atoms with van der Waals surface area (Å²) in [7, 11) is 2.91. The number of fused-ring (bicyclic) bond motifs is 1. The molecule has 0 atom stereocenters. The van der Waals surface area contributed by atoms with E-state index in [4.69, 9.17) is 15.2 Å². The summed E-state index contributed by atoms with van der Waals surface area (Å²) in [6.07, 6.45) is 0. The van der Waals surface area contributed by atoms with Crippen LogP contribution in [0.15, 0.2) is 41.2 Å². The number of anilines is 1. The number of nitriles is 1. The highest BCUT2D eigenvalue weighted by Gasteiger charge is 2.19. The average molecular weight is 366 g/mol. The van der Waals surface area contributed by atoms with E-state index in [0.717, 1.165) is 0 Å². The van der Waals surface area contributed by atoms with Crippen LogP contribution in [0.2, 0.25) is 0 Å². The molecule has 136 valence electrons. The summed E-state index contributed by atoms with van der Waals surface area (Å²) in [5.74, 6) is 0.749. The summed E-state index contributed by atoms with van der Waals surface area (Å²) >= 11 is 0. The van der Waals surface area contributed by atoms with Gasteiger partial charge in [-0.2, -0.15) is 5.26 Å². The molecule has 0 spiro atoms. The second-order valence-electron chi connectivity index (χ2n) is 5.54. The molecule has 0 bridgehead atoms. The van der Waals surface area contributed by atoms with E-state index < -0.39 is 10.5 Å². The summed E-state index contributed by atoms with van der Waals surface area (Å²) in [6.45, 7) is 0. The van der Waals surface area contributed by atoms with Crippen LogP contribution < -0.4 is 20.8 Å². The predicted octanol–water partition coefficient (Wildman–Crippen LogP) is 2.37. The molecule has 2 N–H and O–H groups in total. The van der Waals surface area contributed by atoms with E-state index in [0.29, 0.717) is 28.1 Å². The fourth-order valence-corrected chi connectivity index (χ4v) is 2.83. The van der Waals surface area contributed by atoms with Gasteiger partial charge in [-0.25, -0.2) is 0 Å². The minimum atomic E-state index is -0.636. The third-order valence-corrected chi connectivity index (χ3v) is 4.15. The number of nitrogen functional groups attached to an aromatic ring is 1. The van der Waals surface area contributed by atoms with Crippen LogP contribution in [0.5, 0.6) is 11.5 Å². The number of hydrogen-bond acceptors (Lipinski definition) is 7. The van der Waals surface area contributed by atoms with Crippen molar-refractivity contribution in [1.29, 1.82) is 5.26 Å². The third-order valence-electron chi connectivity index (χ3n) is 4.15. The van der Waals surface area contributed by atoms with E-state index in [9.17, 15) is 20.2 Å². The Bertz CT molecular complexity index is 1160. The third kappa shape index (κ3) is 2.79. The lowest BCUT2D eigenvalue weighted by Gasteiger charge is -2.16. The van der Waals surface area contributed by atoms with Gasteiger partial charge in [0.25, 0.3) is 11.2 Å². The lowest BCUT2D eigenvalue weighted by molar-refractivity contribution is -0.384. The Balaban J connectivity index is 2.45. The minimum Gasteiger partial charge on any atom is -0.493 e. The summed E-state index contributed by atoms with van der Waals surface area (Å²) < 4.78 is 11.8. The maximum absolute atomic E-state index is 12.9. The number of nitrogens with zero attached hydrogens (tertiary/aromatic N) is 3. The highest BCUT2D eigenvalue weighted by Crippen LogP contribution is 2.35. The maximum Gasteiger partial charge on any atom is 0.275 e. The molecular formula is C18H14N4O5. The SMILES string of the molecule is COc1cc2c(N)c(C#N)c(=O)n(-c3ccc([N+](=O)[O-])cc3)c2cc1OC. The Hall–Kier alpha value is -4.06. The zero-order chi connectivity index (χ0) is 19.7. The number of benzene rings is 2. The number of nitro groups is 1. The van der Waals surface area contributed by atoms with Crippen LogP contribution >= 0.6 is 0 Å². The van der Waals surface area contributed by atoms with Gasteiger partial charge in [-0.15, -0.1) is 0 Å². The Morgan fingerprint density at radius 3 is 2.26 bits per heavy atom. The lowest BCUT2D eigenvalue weighted by Crippen LogP contribution is -2.23. The highest BCUT2D eigenvalue weighted by molar-refractivity contribution is 5.96. The lowest BCUT2D eigenvalue weighted by atomic mass is 10.1. The first-order valence-electron chi connectivity index (χ1n) is 7.68. The summed E-state index contributed by atoms with van der Waals surface area (Å²) in [6, 6.07) is 10.4. The van der Waals surface area contributed by atoms with Gasteiger partial charge in [0.2, 0.25) is 0 Å². The number of pyridine rings is 1. The topological polar surface area (TPSA) is 133 Å². The van der Waals surface area contributed by atoms with E-state index in [1.807, 2.05) is 6.07 Å². The molecular weight excluding hydrogens is 352 g/mol. The van der Waals surface area contributed by atoms with Crippen molar-refractivity contribution < 1.29 is 14.4 Å². The molecule has 9 heteroatoms. The van der Waals surface area contributed by atoms with Crippen molar-refractivity contribution in [2.75, 3.05) is 20.0 Å². The van der Waals surface area contributed by atoms with E-state index in [-0.39, 0.29) is 16.9 Å². The van der Waals surface area contributed by atoms with Crippen molar-refractivity contribution in [1.82, 2.24) is 4.57 Å². The van der Waals surface area contributed by atoms with Crippen molar-refractivity contribution in [3.05, 3.63) is 62.4 Å². The molecule has 0 unspecified atom stereocenters. The molecule has 0 saturated heterocycles. The first kappa shape index (κ1) is 17.8. The standard InChI is InChI=1S/C18H14N4O5/c1-26-15-7-12-14(8-16(15)27-2)21(18(23)13(9-19)17(12)20)10-3-5-11(6-4-10)22(24)25/h3-8H,20H2,1-2H3. The van der Waals surface area contributed by atoms with Gasteiger partial charge in [0.15, 0.2) is 11.5 Å². The highest BCUT2D eigenvalue weighted by atomic mass is 16.6. The number of nitro benzene ring substituents is 1. The number of rotatable bonds is 4. The van der Waals surface area contributed by atoms with Crippen molar-refractivity contribution >= 4 is 22.3 Å². The van der Waals surface area contributed by atoms with E-state index in [2.05, 4.69) is 0 Å². The van der Waals surface area contributed by atoms with Gasteiger partial charge in [0.1, 0.15) is 11.6 Å². The van der Waals surface area contributed by atoms with Crippen LogP contribution in [0, 0.1) is 21.4 Å². The Morgan fingerprint density at radius 2 is 1.74 bits per heavy atom. The molecule has 0 aliphatic carbocycles. The first-order chi connectivity index (χ1) is 12.9. The summed E-state index contributed by atoms with van der Waals surface area (Å²) in [4.78, 5) is 23.2. The normalized spacial score (nSPS) is 10.4. The van der Waals surface area contributed by atoms with Crippen LogP contribution in [0.4, 0.5) is 11.4 Å². The zero-order valence-corrected chi connectivity index (χ0v) is 14.4. The number of ether oxygens (including phenoxy) is 2. The molecule has 0 aliphatic heterocycles.